The van der Waals surface area contributed by atoms with Crippen molar-refractivity contribution in [2.45, 2.75) is 33.7 Å². The Labute approximate surface area is 108 Å². The average Bonchev–Trinajstić information content (AvgIpc) is 2.63. The van der Waals surface area contributed by atoms with E-state index in [0.717, 1.165) is 19.5 Å². The normalized spacial score (nSPS) is 14.6. The summed E-state index contributed by atoms with van der Waals surface area (Å²) in [6, 6.07) is 6.70. The van der Waals surface area contributed by atoms with Crippen LogP contribution in [0.25, 0.3) is 11.1 Å². The van der Waals surface area contributed by atoms with Crippen LogP contribution >= 0.6 is 0 Å². The van der Waals surface area contributed by atoms with E-state index in [0.29, 0.717) is 0 Å². The molecule has 0 saturated carbocycles. The number of nitrogens with one attached hydrogen (secondary N) is 2. The van der Waals surface area contributed by atoms with Gasteiger partial charge in [0.1, 0.15) is 0 Å². The van der Waals surface area contributed by atoms with Crippen LogP contribution in [-0.4, -0.2) is 11.5 Å². The van der Waals surface area contributed by atoms with Crippen molar-refractivity contribution in [2.75, 3.05) is 6.54 Å². The first kappa shape index (κ1) is 11.5. The number of fused-ring (bicyclic) bond motifs is 1. The zero-order valence-corrected chi connectivity index (χ0v) is 11.4. The maximum absolute atomic E-state index is 3.47. The SMILES string of the molecule is Cc1[nH]c(C)c(-c2cccc3c2CCNC3)c1C. The predicted octanol–water partition coefficient (Wildman–Crippen LogP) is 3.25. The van der Waals surface area contributed by atoms with E-state index in [2.05, 4.69) is 49.3 Å². The van der Waals surface area contributed by atoms with Gasteiger partial charge in [0.15, 0.2) is 0 Å². The van der Waals surface area contributed by atoms with E-state index in [4.69, 9.17) is 0 Å². The van der Waals surface area contributed by atoms with Gasteiger partial charge in [0, 0.05) is 23.5 Å². The minimum absolute atomic E-state index is 1.00. The Morgan fingerprint density at radius 3 is 2.61 bits per heavy atom. The first-order valence-electron chi connectivity index (χ1n) is 6.66. The molecular formula is C16H20N2. The zero-order valence-electron chi connectivity index (χ0n) is 11.4. The molecule has 0 saturated heterocycles. The Bertz CT molecular complexity index is 593. The van der Waals surface area contributed by atoms with Crippen LogP contribution in [0, 0.1) is 20.8 Å². The molecule has 18 heavy (non-hydrogen) atoms. The van der Waals surface area contributed by atoms with Gasteiger partial charge in [0.2, 0.25) is 0 Å². The summed E-state index contributed by atoms with van der Waals surface area (Å²) < 4.78 is 0. The highest BCUT2D eigenvalue weighted by Crippen LogP contribution is 2.34. The van der Waals surface area contributed by atoms with Gasteiger partial charge in [-0.3, -0.25) is 0 Å². The lowest BCUT2D eigenvalue weighted by atomic mass is 9.90. The van der Waals surface area contributed by atoms with Gasteiger partial charge in [-0.15, -0.1) is 0 Å². The lowest BCUT2D eigenvalue weighted by Crippen LogP contribution is -2.24. The van der Waals surface area contributed by atoms with Crippen molar-refractivity contribution in [2.24, 2.45) is 0 Å². The molecule has 0 spiro atoms. The summed E-state index contributed by atoms with van der Waals surface area (Å²) >= 11 is 0. The molecule has 0 atom stereocenters. The Morgan fingerprint density at radius 2 is 1.89 bits per heavy atom. The lowest BCUT2D eigenvalue weighted by Gasteiger charge is -2.21. The molecule has 2 nitrogen and oxygen atoms in total. The fraction of sp³-hybridized carbons (Fsp3) is 0.375. The number of H-pyrrole nitrogens is 1. The minimum Gasteiger partial charge on any atom is -0.362 e. The van der Waals surface area contributed by atoms with Crippen LogP contribution < -0.4 is 5.32 Å². The van der Waals surface area contributed by atoms with Gasteiger partial charge in [0.05, 0.1) is 0 Å². The number of hydrogen-bond donors (Lipinski definition) is 2. The van der Waals surface area contributed by atoms with Gasteiger partial charge in [-0.1, -0.05) is 18.2 Å². The van der Waals surface area contributed by atoms with Gasteiger partial charge in [0.25, 0.3) is 0 Å². The topological polar surface area (TPSA) is 27.8 Å². The van der Waals surface area contributed by atoms with Crippen molar-refractivity contribution in [1.29, 1.82) is 0 Å². The average molecular weight is 240 g/mol. The van der Waals surface area contributed by atoms with E-state index < -0.39 is 0 Å². The third kappa shape index (κ3) is 1.68. The summed E-state index contributed by atoms with van der Waals surface area (Å²) in [5.41, 5.74) is 9.78. The fourth-order valence-electron chi connectivity index (χ4n) is 3.08. The Hall–Kier alpha value is -1.54. The molecule has 0 aliphatic carbocycles. The van der Waals surface area contributed by atoms with E-state index >= 15 is 0 Å². The molecule has 0 radical (unpaired) electrons. The molecule has 94 valence electrons. The number of rotatable bonds is 1. The highest BCUT2D eigenvalue weighted by Gasteiger charge is 2.17. The third-order valence-electron chi connectivity index (χ3n) is 4.10. The highest BCUT2D eigenvalue weighted by atomic mass is 14.9. The second-order valence-electron chi connectivity index (χ2n) is 5.25. The van der Waals surface area contributed by atoms with Gasteiger partial charge in [-0.05, 0) is 56.0 Å². The molecule has 1 aromatic heterocycles. The van der Waals surface area contributed by atoms with E-state index in [1.807, 2.05) is 0 Å². The summed E-state index contributed by atoms with van der Waals surface area (Å²) in [5.74, 6) is 0. The quantitative estimate of drug-likeness (QED) is 0.786. The van der Waals surface area contributed by atoms with Gasteiger partial charge >= 0.3 is 0 Å². The molecule has 0 amide bonds. The molecule has 2 aromatic rings. The van der Waals surface area contributed by atoms with Crippen molar-refractivity contribution < 1.29 is 0 Å². The highest BCUT2D eigenvalue weighted by molar-refractivity contribution is 5.75. The molecule has 0 fully saturated rings. The largest absolute Gasteiger partial charge is 0.362 e. The van der Waals surface area contributed by atoms with Crippen LogP contribution in [0.4, 0.5) is 0 Å². The smallest absolute Gasteiger partial charge is 0.0208 e. The van der Waals surface area contributed by atoms with Crippen molar-refractivity contribution in [3.05, 3.63) is 46.3 Å². The van der Waals surface area contributed by atoms with E-state index in [1.165, 1.54) is 39.2 Å². The van der Waals surface area contributed by atoms with Gasteiger partial charge in [-0.25, -0.2) is 0 Å². The Morgan fingerprint density at radius 1 is 1.06 bits per heavy atom. The summed E-state index contributed by atoms with van der Waals surface area (Å²) in [6.07, 6.45) is 1.13. The zero-order chi connectivity index (χ0) is 12.7. The molecule has 1 aliphatic heterocycles. The van der Waals surface area contributed by atoms with Crippen molar-refractivity contribution >= 4 is 0 Å². The van der Waals surface area contributed by atoms with Crippen LogP contribution in [0.1, 0.15) is 28.1 Å². The molecular weight excluding hydrogens is 220 g/mol. The van der Waals surface area contributed by atoms with Crippen molar-refractivity contribution in [3.63, 3.8) is 0 Å². The number of benzene rings is 1. The lowest BCUT2D eigenvalue weighted by molar-refractivity contribution is 0.645. The van der Waals surface area contributed by atoms with Crippen molar-refractivity contribution in [1.82, 2.24) is 10.3 Å². The van der Waals surface area contributed by atoms with Crippen molar-refractivity contribution in [3.8, 4) is 11.1 Å². The van der Waals surface area contributed by atoms with Gasteiger partial charge in [-0.2, -0.15) is 0 Å². The first-order chi connectivity index (χ1) is 8.68. The predicted molar refractivity (Wildman–Crippen MR) is 75.9 cm³/mol. The maximum atomic E-state index is 3.47. The first-order valence-corrected chi connectivity index (χ1v) is 6.66. The number of hydrogen-bond acceptors (Lipinski definition) is 1. The summed E-state index contributed by atoms with van der Waals surface area (Å²) in [6.45, 7) is 8.64. The second kappa shape index (κ2) is 4.29. The fourth-order valence-corrected chi connectivity index (χ4v) is 3.08. The molecule has 1 aromatic carbocycles. The molecule has 2 heteroatoms. The number of aryl methyl sites for hydroxylation is 2. The minimum atomic E-state index is 1.00. The number of aromatic nitrogens is 1. The summed E-state index contributed by atoms with van der Waals surface area (Å²) in [7, 11) is 0. The molecule has 0 bridgehead atoms. The van der Waals surface area contributed by atoms with E-state index in [1.54, 1.807) is 0 Å². The third-order valence-corrected chi connectivity index (χ3v) is 4.10. The maximum Gasteiger partial charge on any atom is 0.0208 e. The van der Waals surface area contributed by atoms with Crippen LogP contribution in [0.2, 0.25) is 0 Å². The standard InChI is InChI=1S/C16H20N2/c1-10-11(2)18-12(3)16(10)15-6-4-5-13-9-17-8-7-14(13)15/h4-6,17-18H,7-9H2,1-3H3. The summed E-state index contributed by atoms with van der Waals surface area (Å²) in [4.78, 5) is 3.47. The van der Waals surface area contributed by atoms with E-state index in [-0.39, 0.29) is 0 Å². The van der Waals surface area contributed by atoms with E-state index in [9.17, 15) is 0 Å². The number of aromatic amines is 1. The monoisotopic (exact) mass is 240 g/mol. The molecule has 3 rings (SSSR count). The Balaban J connectivity index is 2.23. The molecule has 1 aliphatic rings. The molecule has 0 unspecified atom stereocenters. The van der Waals surface area contributed by atoms with Crippen LogP contribution in [0.5, 0.6) is 0 Å². The molecule has 2 heterocycles. The second-order valence-corrected chi connectivity index (χ2v) is 5.25. The molecule has 2 N–H and O–H groups in total. The van der Waals surface area contributed by atoms with Gasteiger partial charge < -0.3 is 10.3 Å². The van der Waals surface area contributed by atoms with Crippen LogP contribution in [0.15, 0.2) is 18.2 Å². The van der Waals surface area contributed by atoms with Crippen LogP contribution in [-0.2, 0) is 13.0 Å². The summed E-state index contributed by atoms with van der Waals surface area (Å²) in [5, 5.41) is 3.45. The Kier molecular flexibility index (Phi) is 2.75. The van der Waals surface area contributed by atoms with Crippen LogP contribution in [0.3, 0.4) is 0 Å².